The molecule has 16 heavy (non-hydrogen) atoms. The van der Waals surface area contributed by atoms with Crippen LogP contribution in [0.4, 0.5) is 0 Å². The lowest BCUT2D eigenvalue weighted by atomic mass is 9.96. The molecule has 1 aliphatic heterocycles. The molecule has 1 aliphatic carbocycles. The molecule has 0 aromatic heterocycles. The minimum atomic E-state index is -3.05. The summed E-state index contributed by atoms with van der Waals surface area (Å²) in [6.45, 7) is 2.43. The minimum Gasteiger partial charge on any atom is -0.377 e. The molecular weight excluding hydrogens is 226 g/mol. The number of sulfone groups is 1. The highest BCUT2D eigenvalue weighted by Gasteiger charge is 2.41. The van der Waals surface area contributed by atoms with Gasteiger partial charge >= 0.3 is 0 Å². The van der Waals surface area contributed by atoms with Gasteiger partial charge in [0, 0.05) is 12.6 Å². The van der Waals surface area contributed by atoms with Crippen LogP contribution in [-0.4, -0.2) is 37.7 Å². The lowest BCUT2D eigenvalue weighted by Crippen LogP contribution is -2.41. The van der Waals surface area contributed by atoms with Crippen molar-refractivity contribution < 1.29 is 13.2 Å². The third-order valence-corrected chi connectivity index (χ3v) is 6.68. The first-order valence-electron chi connectivity index (χ1n) is 6.11. The van der Waals surface area contributed by atoms with Crippen molar-refractivity contribution in [2.75, 3.05) is 6.61 Å². The van der Waals surface area contributed by atoms with Gasteiger partial charge in [0.15, 0.2) is 9.84 Å². The highest BCUT2D eigenvalue weighted by Crippen LogP contribution is 2.31. The van der Waals surface area contributed by atoms with Crippen molar-refractivity contribution in [3.05, 3.63) is 0 Å². The molecule has 0 spiro atoms. The molecule has 2 aliphatic rings. The van der Waals surface area contributed by atoms with E-state index in [2.05, 4.69) is 0 Å². The summed E-state index contributed by atoms with van der Waals surface area (Å²) < 4.78 is 30.2. The van der Waals surface area contributed by atoms with Gasteiger partial charge in [0.1, 0.15) is 0 Å². The molecule has 2 fully saturated rings. The molecule has 2 N–H and O–H groups in total. The van der Waals surface area contributed by atoms with E-state index in [1.54, 1.807) is 0 Å². The monoisotopic (exact) mass is 247 g/mol. The van der Waals surface area contributed by atoms with Gasteiger partial charge in [0.25, 0.3) is 0 Å². The van der Waals surface area contributed by atoms with Gasteiger partial charge in [-0.2, -0.15) is 0 Å². The van der Waals surface area contributed by atoms with Crippen LogP contribution in [0.1, 0.15) is 39.0 Å². The predicted octanol–water partition coefficient (Wildman–Crippen LogP) is 0.848. The van der Waals surface area contributed by atoms with E-state index in [-0.39, 0.29) is 22.6 Å². The van der Waals surface area contributed by atoms with Crippen molar-refractivity contribution in [2.45, 2.75) is 61.7 Å². The fourth-order valence-electron chi connectivity index (χ4n) is 2.87. The maximum Gasteiger partial charge on any atom is 0.158 e. The molecule has 2 rings (SSSR count). The number of hydrogen-bond acceptors (Lipinski definition) is 4. The van der Waals surface area contributed by atoms with E-state index in [9.17, 15) is 8.42 Å². The predicted molar refractivity (Wildman–Crippen MR) is 63.0 cm³/mol. The fraction of sp³-hybridized carbons (Fsp3) is 1.00. The first-order chi connectivity index (χ1) is 7.51. The van der Waals surface area contributed by atoms with Gasteiger partial charge in [0.05, 0.1) is 16.6 Å². The Morgan fingerprint density at radius 2 is 2.00 bits per heavy atom. The zero-order chi connectivity index (χ0) is 11.8. The van der Waals surface area contributed by atoms with E-state index in [0.717, 1.165) is 19.3 Å². The van der Waals surface area contributed by atoms with Crippen molar-refractivity contribution in [2.24, 2.45) is 5.73 Å². The normalized spacial score (nSPS) is 41.1. The number of nitrogens with two attached hydrogens (primary N) is 1. The molecule has 0 aromatic rings. The maximum absolute atomic E-state index is 12.4. The smallest absolute Gasteiger partial charge is 0.158 e. The molecule has 0 radical (unpaired) electrons. The van der Waals surface area contributed by atoms with Gasteiger partial charge < -0.3 is 10.5 Å². The zero-order valence-electron chi connectivity index (χ0n) is 9.76. The largest absolute Gasteiger partial charge is 0.377 e. The van der Waals surface area contributed by atoms with Crippen molar-refractivity contribution in [1.29, 1.82) is 0 Å². The third-order valence-electron chi connectivity index (χ3n) is 3.86. The van der Waals surface area contributed by atoms with Crippen LogP contribution in [0.3, 0.4) is 0 Å². The third kappa shape index (κ3) is 2.26. The highest BCUT2D eigenvalue weighted by atomic mass is 32.2. The summed E-state index contributed by atoms with van der Waals surface area (Å²) in [4.78, 5) is 0. The number of rotatable bonds is 2. The SMILES string of the molecule is CC1OCCC1S(=O)(=O)C1CCCC(N)C1. The molecule has 4 unspecified atom stereocenters. The first kappa shape index (κ1) is 12.3. The average Bonchev–Trinajstić information content (AvgIpc) is 2.65. The Labute approximate surface area is 97.5 Å². The van der Waals surface area contributed by atoms with Crippen LogP contribution in [0.5, 0.6) is 0 Å². The summed E-state index contributed by atoms with van der Waals surface area (Å²) in [6, 6.07) is 0.0613. The standard InChI is InChI=1S/C11H21NO3S/c1-8-11(5-6-15-8)16(13,14)10-4-2-3-9(12)7-10/h8-11H,2-7,12H2,1H3. The molecule has 0 bridgehead atoms. The van der Waals surface area contributed by atoms with E-state index in [0.29, 0.717) is 19.4 Å². The zero-order valence-corrected chi connectivity index (χ0v) is 10.6. The summed E-state index contributed by atoms with van der Waals surface area (Å²) in [5.41, 5.74) is 5.86. The van der Waals surface area contributed by atoms with Gasteiger partial charge in [0.2, 0.25) is 0 Å². The topological polar surface area (TPSA) is 69.4 Å². The van der Waals surface area contributed by atoms with E-state index in [1.807, 2.05) is 6.92 Å². The van der Waals surface area contributed by atoms with Crippen LogP contribution in [0.15, 0.2) is 0 Å². The number of ether oxygens (including phenoxy) is 1. The van der Waals surface area contributed by atoms with Crippen LogP contribution in [0, 0.1) is 0 Å². The Morgan fingerprint density at radius 3 is 2.56 bits per heavy atom. The Kier molecular flexibility index (Phi) is 3.56. The summed E-state index contributed by atoms with van der Waals surface area (Å²) in [7, 11) is -3.05. The molecule has 5 heteroatoms. The Hall–Kier alpha value is -0.130. The van der Waals surface area contributed by atoms with Crippen LogP contribution in [-0.2, 0) is 14.6 Å². The molecular formula is C11H21NO3S. The van der Waals surface area contributed by atoms with Gasteiger partial charge in [-0.25, -0.2) is 8.42 Å². The van der Waals surface area contributed by atoms with E-state index in [1.165, 1.54) is 0 Å². The second-order valence-electron chi connectivity index (χ2n) is 5.04. The van der Waals surface area contributed by atoms with Crippen LogP contribution in [0.2, 0.25) is 0 Å². The Morgan fingerprint density at radius 1 is 1.25 bits per heavy atom. The Balaban J connectivity index is 2.11. The molecule has 4 atom stereocenters. The first-order valence-corrected chi connectivity index (χ1v) is 7.72. The highest BCUT2D eigenvalue weighted by molar-refractivity contribution is 7.92. The van der Waals surface area contributed by atoms with E-state index < -0.39 is 9.84 Å². The summed E-state index contributed by atoms with van der Waals surface area (Å²) in [6.07, 6.45) is 3.80. The molecule has 4 nitrogen and oxygen atoms in total. The second-order valence-corrected chi connectivity index (χ2v) is 7.49. The van der Waals surface area contributed by atoms with Crippen LogP contribution in [0.25, 0.3) is 0 Å². The lowest BCUT2D eigenvalue weighted by Gasteiger charge is -2.29. The minimum absolute atomic E-state index is 0.0613. The molecule has 0 amide bonds. The van der Waals surface area contributed by atoms with E-state index >= 15 is 0 Å². The molecule has 1 saturated carbocycles. The van der Waals surface area contributed by atoms with Gasteiger partial charge in [-0.3, -0.25) is 0 Å². The average molecular weight is 247 g/mol. The lowest BCUT2D eigenvalue weighted by molar-refractivity contribution is 0.126. The van der Waals surface area contributed by atoms with E-state index in [4.69, 9.17) is 10.5 Å². The van der Waals surface area contributed by atoms with Crippen molar-refractivity contribution >= 4 is 9.84 Å². The van der Waals surface area contributed by atoms with Crippen molar-refractivity contribution in [3.63, 3.8) is 0 Å². The van der Waals surface area contributed by atoms with Crippen molar-refractivity contribution in [1.82, 2.24) is 0 Å². The number of hydrogen-bond donors (Lipinski definition) is 1. The molecule has 0 aromatic carbocycles. The summed E-state index contributed by atoms with van der Waals surface area (Å²) in [5, 5.41) is -0.534. The maximum atomic E-state index is 12.4. The summed E-state index contributed by atoms with van der Waals surface area (Å²) >= 11 is 0. The van der Waals surface area contributed by atoms with Crippen LogP contribution >= 0.6 is 0 Å². The van der Waals surface area contributed by atoms with Gasteiger partial charge in [-0.1, -0.05) is 6.42 Å². The second kappa shape index (κ2) is 4.63. The van der Waals surface area contributed by atoms with Crippen LogP contribution < -0.4 is 5.73 Å². The quantitative estimate of drug-likeness (QED) is 0.785. The molecule has 1 saturated heterocycles. The van der Waals surface area contributed by atoms with Gasteiger partial charge in [-0.15, -0.1) is 0 Å². The van der Waals surface area contributed by atoms with Crippen molar-refractivity contribution in [3.8, 4) is 0 Å². The summed E-state index contributed by atoms with van der Waals surface area (Å²) in [5.74, 6) is 0. The Bertz CT molecular complexity index is 341. The molecule has 1 heterocycles. The molecule has 94 valence electrons. The fourth-order valence-corrected chi connectivity index (χ4v) is 5.41. The van der Waals surface area contributed by atoms with Gasteiger partial charge in [-0.05, 0) is 32.6 Å².